The second-order valence-electron chi connectivity index (χ2n) is 4.20. The molecule has 2 heterocycles. The first-order chi connectivity index (χ1) is 8.19. The van der Waals surface area contributed by atoms with Crippen LogP contribution in [0.2, 0.25) is 0 Å². The summed E-state index contributed by atoms with van der Waals surface area (Å²) >= 11 is 0. The highest BCUT2D eigenvalue weighted by Crippen LogP contribution is 2.11. The Hall–Kier alpha value is -1.78. The van der Waals surface area contributed by atoms with Crippen molar-refractivity contribution in [2.45, 2.75) is 40.0 Å². The maximum Gasteiger partial charge on any atom is 0.157 e. The van der Waals surface area contributed by atoms with E-state index in [1.807, 2.05) is 34.7 Å². The van der Waals surface area contributed by atoms with Crippen LogP contribution in [0.25, 0.3) is 0 Å². The van der Waals surface area contributed by atoms with Gasteiger partial charge in [0.05, 0.1) is 18.1 Å². The fourth-order valence-electron chi connectivity index (χ4n) is 1.49. The van der Waals surface area contributed by atoms with E-state index in [9.17, 15) is 0 Å². The highest BCUT2D eigenvalue weighted by atomic mass is 16.5. The molecule has 0 spiro atoms. The topological polar surface area (TPSA) is 44.9 Å². The first-order valence-corrected chi connectivity index (χ1v) is 5.88. The lowest BCUT2D eigenvalue weighted by Gasteiger charge is -2.04. The predicted octanol–water partition coefficient (Wildman–Crippen LogP) is 2.26. The molecule has 0 radical (unpaired) electrons. The van der Waals surface area contributed by atoms with E-state index in [4.69, 9.17) is 4.74 Å². The van der Waals surface area contributed by atoms with Gasteiger partial charge < -0.3 is 4.74 Å². The minimum absolute atomic E-state index is 0.381. The van der Waals surface area contributed by atoms with Crippen LogP contribution in [0.5, 0.6) is 5.75 Å². The molecule has 0 aliphatic carbocycles. The van der Waals surface area contributed by atoms with Gasteiger partial charge in [-0.05, 0) is 26.8 Å². The van der Waals surface area contributed by atoms with Gasteiger partial charge in [0.2, 0.25) is 0 Å². The quantitative estimate of drug-likeness (QED) is 0.797. The maximum absolute atomic E-state index is 5.61. The molecule has 0 N–H and O–H groups in total. The summed E-state index contributed by atoms with van der Waals surface area (Å²) in [5, 5.41) is 8.56. The first-order valence-electron chi connectivity index (χ1n) is 5.88. The minimum atomic E-state index is 0.381. The zero-order valence-corrected chi connectivity index (χ0v) is 10.5. The van der Waals surface area contributed by atoms with Gasteiger partial charge in [-0.2, -0.15) is 10.2 Å². The molecule has 0 saturated heterocycles. The summed E-state index contributed by atoms with van der Waals surface area (Å²) in [6.45, 7) is 7.58. The van der Waals surface area contributed by atoms with Crippen molar-refractivity contribution in [2.75, 3.05) is 0 Å². The first kappa shape index (κ1) is 11.7. The van der Waals surface area contributed by atoms with E-state index in [1.54, 1.807) is 6.20 Å². The van der Waals surface area contributed by atoms with Crippen molar-refractivity contribution in [3.63, 3.8) is 0 Å². The molecule has 2 aromatic rings. The molecular weight excluding hydrogens is 216 g/mol. The molecule has 0 aliphatic rings. The fourth-order valence-corrected chi connectivity index (χ4v) is 1.49. The molecule has 0 amide bonds. The van der Waals surface area contributed by atoms with Crippen LogP contribution in [0.4, 0.5) is 0 Å². The molecule has 0 bridgehead atoms. The van der Waals surface area contributed by atoms with Crippen LogP contribution in [0.1, 0.15) is 32.5 Å². The zero-order valence-electron chi connectivity index (χ0n) is 10.5. The Bertz CT molecular complexity index is 472. The molecule has 5 nitrogen and oxygen atoms in total. The maximum atomic E-state index is 5.61. The number of hydrogen-bond donors (Lipinski definition) is 0. The van der Waals surface area contributed by atoms with Gasteiger partial charge in [0.15, 0.2) is 5.75 Å². The lowest BCUT2D eigenvalue weighted by molar-refractivity contribution is 0.298. The number of rotatable bonds is 5. The van der Waals surface area contributed by atoms with Crippen molar-refractivity contribution in [2.24, 2.45) is 0 Å². The summed E-state index contributed by atoms with van der Waals surface area (Å²) in [5.41, 5.74) is 0.933. The zero-order chi connectivity index (χ0) is 12.3. The molecule has 5 heteroatoms. The number of ether oxygens (including phenoxy) is 1. The molecule has 2 aromatic heterocycles. The van der Waals surface area contributed by atoms with E-state index in [0.717, 1.165) is 18.0 Å². The van der Waals surface area contributed by atoms with E-state index >= 15 is 0 Å². The van der Waals surface area contributed by atoms with Crippen molar-refractivity contribution in [3.8, 4) is 5.75 Å². The highest BCUT2D eigenvalue weighted by molar-refractivity contribution is 5.12. The Morgan fingerprint density at radius 2 is 2.24 bits per heavy atom. The Labute approximate surface area is 101 Å². The van der Waals surface area contributed by atoms with Gasteiger partial charge in [-0.3, -0.25) is 9.36 Å². The van der Waals surface area contributed by atoms with Crippen LogP contribution in [0.3, 0.4) is 0 Å². The monoisotopic (exact) mass is 234 g/mol. The third-order valence-corrected chi connectivity index (χ3v) is 2.51. The van der Waals surface area contributed by atoms with E-state index in [1.165, 1.54) is 0 Å². The standard InChI is InChI=1S/C12H18N4O/c1-4-15-8-12(7-13-15)17-9-11-5-6-16(14-11)10(2)3/h5-8,10H,4,9H2,1-3H3. The summed E-state index contributed by atoms with van der Waals surface area (Å²) in [4.78, 5) is 0. The van der Waals surface area contributed by atoms with Crippen LogP contribution < -0.4 is 4.74 Å². The van der Waals surface area contributed by atoms with Crippen molar-refractivity contribution >= 4 is 0 Å². The second-order valence-corrected chi connectivity index (χ2v) is 4.20. The van der Waals surface area contributed by atoms with Crippen molar-refractivity contribution in [1.82, 2.24) is 19.6 Å². The molecule has 0 fully saturated rings. The SMILES string of the molecule is CCn1cc(OCc2ccn(C(C)C)n2)cn1. The Morgan fingerprint density at radius 1 is 1.41 bits per heavy atom. The predicted molar refractivity (Wildman–Crippen MR) is 64.8 cm³/mol. The van der Waals surface area contributed by atoms with Gasteiger partial charge in [-0.15, -0.1) is 0 Å². The fraction of sp³-hybridized carbons (Fsp3) is 0.500. The smallest absolute Gasteiger partial charge is 0.157 e. The number of hydrogen-bond acceptors (Lipinski definition) is 3. The lowest BCUT2D eigenvalue weighted by Crippen LogP contribution is -2.03. The van der Waals surface area contributed by atoms with Gasteiger partial charge in [-0.25, -0.2) is 0 Å². The van der Waals surface area contributed by atoms with Crippen LogP contribution in [0.15, 0.2) is 24.7 Å². The van der Waals surface area contributed by atoms with Crippen molar-refractivity contribution in [3.05, 3.63) is 30.4 Å². The van der Waals surface area contributed by atoms with Gasteiger partial charge in [0.1, 0.15) is 6.61 Å². The number of aryl methyl sites for hydroxylation is 1. The summed E-state index contributed by atoms with van der Waals surface area (Å²) in [7, 11) is 0. The van der Waals surface area contributed by atoms with Gasteiger partial charge >= 0.3 is 0 Å². The molecule has 2 rings (SSSR count). The lowest BCUT2D eigenvalue weighted by atomic mass is 10.4. The molecule has 0 aromatic carbocycles. The average molecular weight is 234 g/mol. The van der Waals surface area contributed by atoms with E-state index < -0.39 is 0 Å². The summed E-state index contributed by atoms with van der Waals surface area (Å²) in [5.74, 6) is 0.783. The Kier molecular flexibility index (Phi) is 3.46. The molecule has 17 heavy (non-hydrogen) atoms. The van der Waals surface area contributed by atoms with Crippen LogP contribution in [0, 0.1) is 0 Å². The van der Waals surface area contributed by atoms with Crippen LogP contribution >= 0.6 is 0 Å². The molecule has 0 unspecified atom stereocenters. The summed E-state index contributed by atoms with van der Waals surface area (Å²) in [6.07, 6.45) is 5.58. The highest BCUT2D eigenvalue weighted by Gasteiger charge is 2.04. The summed E-state index contributed by atoms with van der Waals surface area (Å²) in [6, 6.07) is 2.36. The average Bonchev–Trinajstić information content (AvgIpc) is 2.95. The largest absolute Gasteiger partial charge is 0.484 e. The van der Waals surface area contributed by atoms with Gasteiger partial charge in [0, 0.05) is 18.8 Å². The van der Waals surface area contributed by atoms with E-state index in [-0.39, 0.29) is 0 Å². The Balaban J connectivity index is 1.92. The van der Waals surface area contributed by atoms with Crippen LogP contribution in [-0.2, 0) is 13.2 Å². The van der Waals surface area contributed by atoms with Gasteiger partial charge in [0.25, 0.3) is 0 Å². The minimum Gasteiger partial charge on any atom is -0.484 e. The molecular formula is C12H18N4O. The number of aromatic nitrogens is 4. The van der Waals surface area contributed by atoms with E-state index in [2.05, 4.69) is 24.0 Å². The molecule has 92 valence electrons. The van der Waals surface area contributed by atoms with Crippen molar-refractivity contribution < 1.29 is 4.74 Å². The van der Waals surface area contributed by atoms with Crippen LogP contribution in [-0.4, -0.2) is 19.6 Å². The van der Waals surface area contributed by atoms with Crippen molar-refractivity contribution in [1.29, 1.82) is 0 Å². The second kappa shape index (κ2) is 5.03. The normalized spacial score (nSPS) is 11.1. The van der Waals surface area contributed by atoms with Gasteiger partial charge in [-0.1, -0.05) is 0 Å². The number of nitrogens with zero attached hydrogens (tertiary/aromatic N) is 4. The molecule has 0 atom stereocenters. The van der Waals surface area contributed by atoms with E-state index in [0.29, 0.717) is 12.6 Å². The summed E-state index contributed by atoms with van der Waals surface area (Å²) < 4.78 is 9.37. The third-order valence-electron chi connectivity index (χ3n) is 2.51. The Morgan fingerprint density at radius 3 is 2.82 bits per heavy atom. The molecule has 0 aliphatic heterocycles. The third kappa shape index (κ3) is 2.87. The molecule has 0 saturated carbocycles.